The molecule has 1 fully saturated rings. The lowest BCUT2D eigenvalue weighted by Gasteiger charge is -2.43. The summed E-state index contributed by atoms with van der Waals surface area (Å²) in [4.78, 5) is 12.9. The number of aromatic nitrogens is 4. The molecule has 2 aromatic heterocycles. The number of imidazole rings is 1. The predicted molar refractivity (Wildman–Crippen MR) is 144 cm³/mol. The summed E-state index contributed by atoms with van der Waals surface area (Å²) in [5.74, 6) is 0. The lowest BCUT2D eigenvalue weighted by molar-refractivity contribution is 0.295. The number of hydrogen-bond acceptors (Lipinski definition) is 5. The van der Waals surface area contributed by atoms with Gasteiger partial charge in [0.1, 0.15) is 11.8 Å². The van der Waals surface area contributed by atoms with Crippen molar-refractivity contribution in [3.8, 4) is 0 Å². The Labute approximate surface area is 211 Å². The molecule has 0 amide bonds. The molecule has 1 saturated heterocycles. The van der Waals surface area contributed by atoms with Crippen molar-refractivity contribution in [1.82, 2.24) is 19.5 Å². The molecule has 0 radical (unpaired) electrons. The molecule has 1 unspecified atom stereocenters. The van der Waals surface area contributed by atoms with Gasteiger partial charge in [-0.1, -0.05) is 93.0 Å². The number of nitrogens with zero attached hydrogens (tertiary/aromatic N) is 4. The molecule has 0 spiro atoms. The molecule has 8 heteroatoms. The van der Waals surface area contributed by atoms with Crippen molar-refractivity contribution in [2.45, 2.75) is 49.3 Å². The van der Waals surface area contributed by atoms with Crippen LogP contribution in [0.2, 0.25) is 10.2 Å². The molecule has 2 aromatic carbocycles. The van der Waals surface area contributed by atoms with Crippen molar-refractivity contribution in [3.05, 3.63) is 78.5 Å². The van der Waals surface area contributed by atoms with Crippen molar-refractivity contribution in [1.29, 1.82) is 0 Å². The van der Waals surface area contributed by atoms with Crippen LogP contribution in [0.25, 0.3) is 11.2 Å². The van der Waals surface area contributed by atoms with E-state index in [-0.39, 0.29) is 10.4 Å². The Morgan fingerprint density at radius 1 is 0.971 bits per heavy atom. The summed E-state index contributed by atoms with van der Waals surface area (Å²) in [7, 11) is -2.53. The van der Waals surface area contributed by atoms with E-state index in [0.29, 0.717) is 15.9 Å². The van der Waals surface area contributed by atoms with Crippen LogP contribution < -0.4 is 10.4 Å². The van der Waals surface area contributed by atoms with Crippen LogP contribution in [0.5, 0.6) is 0 Å². The minimum atomic E-state index is -2.53. The van der Waals surface area contributed by atoms with Crippen LogP contribution in [0.1, 0.15) is 39.0 Å². The standard InChI is InChI=1S/C26H29ClN4OSSi/c1-26(2,3)34(20-10-6-4-7-11-20,21-12-8-5-9-13-21)32-16-19-14-15-22(33-19)31-18-30-23-24(27)28-17-29-25(23)31/h4-13,17-19,22H,14-16H2,1-3H3/t19-,22?/m0/s1. The highest BCUT2D eigenvalue weighted by Crippen LogP contribution is 2.44. The first-order valence-electron chi connectivity index (χ1n) is 11.6. The molecule has 3 heterocycles. The van der Waals surface area contributed by atoms with Crippen LogP contribution in [-0.4, -0.2) is 39.7 Å². The zero-order valence-corrected chi connectivity index (χ0v) is 22.3. The van der Waals surface area contributed by atoms with Gasteiger partial charge in [-0.3, -0.25) is 0 Å². The smallest absolute Gasteiger partial charge is 0.261 e. The second-order valence-corrected chi connectivity index (χ2v) is 15.9. The Balaban J connectivity index is 1.42. The zero-order valence-electron chi connectivity index (χ0n) is 19.7. The molecule has 0 saturated carbocycles. The fourth-order valence-electron chi connectivity index (χ4n) is 5.03. The molecule has 0 aliphatic carbocycles. The Morgan fingerprint density at radius 2 is 1.62 bits per heavy atom. The molecule has 176 valence electrons. The molecule has 5 nitrogen and oxygen atoms in total. The van der Waals surface area contributed by atoms with Crippen LogP contribution in [0.3, 0.4) is 0 Å². The van der Waals surface area contributed by atoms with E-state index in [1.807, 2.05) is 18.1 Å². The first kappa shape index (κ1) is 23.5. The number of hydrogen-bond donors (Lipinski definition) is 0. The topological polar surface area (TPSA) is 52.8 Å². The molecule has 4 aromatic rings. The minimum Gasteiger partial charge on any atom is -0.406 e. The fourth-order valence-corrected chi connectivity index (χ4v) is 11.4. The Kier molecular flexibility index (Phi) is 6.55. The number of benzene rings is 2. The van der Waals surface area contributed by atoms with Gasteiger partial charge in [-0.05, 0) is 28.3 Å². The summed E-state index contributed by atoms with van der Waals surface area (Å²) in [6, 6.07) is 21.7. The van der Waals surface area contributed by atoms with Crippen LogP contribution in [-0.2, 0) is 4.43 Å². The molecule has 1 aliphatic rings. The Bertz CT molecular complexity index is 1220. The third-order valence-electron chi connectivity index (χ3n) is 6.61. The van der Waals surface area contributed by atoms with E-state index in [9.17, 15) is 0 Å². The normalized spacial score (nSPS) is 19.1. The molecule has 1 aliphatic heterocycles. The predicted octanol–water partition coefficient (Wildman–Crippen LogP) is 5.45. The van der Waals surface area contributed by atoms with Gasteiger partial charge in [-0.2, -0.15) is 0 Å². The quantitative estimate of drug-likeness (QED) is 0.256. The van der Waals surface area contributed by atoms with Gasteiger partial charge in [0.25, 0.3) is 8.32 Å². The maximum Gasteiger partial charge on any atom is 0.261 e. The second kappa shape index (κ2) is 9.45. The van der Waals surface area contributed by atoms with Gasteiger partial charge in [0, 0.05) is 11.9 Å². The van der Waals surface area contributed by atoms with E-state index >= 15 is 0 Å². The van der Waals surface area contributed by atoms with E-state index < -0.39 is 8.32 Å². The van der Waals surface area contributed by atoms with Gasteiger partial charge in [0.05, 0.1) is 11.7 Å². The highest BCUT2D eigenvalue weighted by Gasteiger charge is 2.50. The summed E-state index contributed by atoms with van der Waals surface area (Å²) in [6.07, 6.45) is 5.48. The molecule has 5 rings (SSSR count). The summed E-state index contributed by atoms with van der Waals surface area (Å²) < 4.78 is 9.30. The minimum absolute atomic E-state index is 0.0212. The monoisotopic (exact) mass is 508 g/mol. The molecule has 2 atom stereocenters. The van der Waals surface area contributed by atoms with Crippen molar-refractivity contribution >= 4 is 53.2 Å². The van der Waals surface area contributed by atoms with Gasteiger partial charge in [0.2, 0.25) is 0 Å². The van der Waals surface area contributed by atoms with Crippen LogP contribution in [0, 0.1) is 0 Å². The van der Waals surface area contributed by atoms with Gasteiger partial charge < -0.3 is 8.99 Å². The number of thioether (sulfide) groups is 1. The first-order valence-corrected chi connectivity index (χ1v) is 14.9. The maximum absolute atomic E-state index is 7.17. The zero-order chi connectivity index (χ0) is 23.8. The van der Waals surface area contributed by atoms with Crippen molar-refractivity contribution in [2.75, 3.05) is 6.61 Å². The molecular weight excluding hydrogens is 480 g/mol. The van der Waals surface area contributed by atoms with Crippen LogP contribution in [0.4, 0.5) is 0 Å². The summed E-state index contributed by atoms with van der Waals surface area (Å²) in [5.41, 5.74) is 1.46. The second-order valence-electron chi connectivity index (χ2n) is 9.75. The largest absolute Gasteiger partial charge is 0.406 e. The van der Waals surface area contributed by atoms with Gasteiger partial charge in [-0.25, -0.2) is 15.0 Å². The summed E-state index contributed by atoms with van der Waals surface area (Å²) in [5, 5.41) is 3.69. The SMILES string of the molecule is CC(C)(C)[Si](OC[C@@H]1CCC(n2cnc3c(Cl)ncnc32)S1)(c1ccccc1)c1ccccc1. The Hall–Kier alpha value is -2.19. The molecule has 0 N–H and O–H groups in total. The highest BCUT2D eigenvalue weighted by molar-refractivity contribution is 8.00. The molecular formula is C26H29ClN4OSSi. The summed E-state index contributed by atoms with van der Waals surface area (Å²) in [6.45, 7) is 7.69. The third kappa shape index (κ3) is 4.19. The average Bonchev–Trinajstić information content (AvgIpc) is 3.48. The molecule has 0 bridgehead atoms. The van der Waals surface area contributed by atoms with Gasteiger partial charge in [0.15, 0.2) is 10.8 Å². The summed E-state index contributed by atoms with van der Waals surface area (Å²) >= 11 is 8.16. The number of rotatable bonds is 6. The van der Waals surface area contributed by atoms with Crippen LogP contribution in [0.15, 0.2) is 73.3 Å². The van der Waals surface area contributed by atoms with Gasteiger partial charge in [-0.15, -0.1) is 11.8 Å². The molecule has 34 heavy (non-hydrogen) atoms. The Morgan fingerprint density at radius 3 is 2.24 bits per heavy atom. The lowest BCUT2D eigenvalue weighted by Crippen LogP contribution is -2.67. The van der Waals surface area contributed by atoms with Crippen molar-refractivity contribution in [2.24, 2.45) is 0 Å². The average molecular weight is 509 g/mol. The van der Waals surface area contributed by atoms with E-state index in [4.69, 9.17) is 16.0 Å². The maximum atomic E-state index is 7.17. The fraction of sp³-hybridized carbons (Fsp3) is 0.346. The van der Waals surface area contributed by atoms with E-state index in [0.717, 1.165) is 25.1 Å². The van der Waals surface area contributed by atoms with Crippen LogP contribution >= 0.6 is 23.4 Å². The lowest BCUT2D eigenvalue weighted by atomic mass is 10.2. The highest BCUT2D eigenvalue weighted by atomic mass is 35.5. The van der Waals surface area contributed by atoms with Crippen molar-refractivity contribution in [3.63, 3.8) is 0 Å². The van der Waals surface area contributed by atoms with Crippen molar-refractivity contribution < 1.29 is 4.43 Å². The first-order chi connectivity index (χ1) is 16.4. The third-order valence-corrected chi connectivity index (χ3v) is 13.4. The number of fused-ring (bicyclic) bond motifs is 1. The van der Waals surface area contributed by atoms with E-state index in [1.54, 1.807) is 0 Å². The number of halogens is 1. The van der Waals surface area contributed by atoms with E-state index in [1.165, 1.54) is 16.7 Å². The van der Waals surface area contributed by atoms with Gasteiger partial charge >= 0.3 is 0 Å². The van der Waals surface area contributed by atoms with E-state index in [2.05, 4.69) is 101 Å².